The van der Waals surface area contributed by atoms with Crippen molar-refractivity contribution in [2.45, 2.75) is 41.8 Å². The van der Waals surface area contributed by atoms with Crippen molar-refractivity contribution in [3.8, 4) is 0 Å². The fourth-order valence-electron chi connectivity index (χ4n) is 2.68. The summed E-state index contributed by atoms with van der Waals surface area (Å²) < 4.78 is 89.4. The summed E-state index contributed by atoms with van der Waals surface area (Å²) in [5.41, 5.74) is 0.796. The minimum Gasteiger partial charge on any atom is -0.322 e. The molecule has 3 rings (SSSR count). The molecule has 0 spiro atoms. The highest BCUT2D eigenvalue weighted by Crippen LogP contribution is 2.24. The predicted octanol–water partition coefficient (Wildman–Crippen LogP) is 2.53. The van der Waals surface area contributed by atoms with E-state index < -0.39 is 43.6 Å². The number of carbonyl (C=O) groups excluding carboxylic acids is 1. The van der Waals surface area contributed by atoms with Crippen LogP contribution in [0, 0.1) is 6.92 Å². The third kappa shape index (κ3) is 6.28. The molecule has 2 aromatic rings. The first kappa shape index (κ1) is 24.2. The lowest BCUT2D eigenvalue weighted by atomic mass is 10.1. The largest absolute Gasteiger partial charge is 0.402 e. The first-order valence-corrected chi connectivity index (χ1v) is 12.3. The topological polar surface area (TPSA) is 121 Å². The standard InChI is InChI=1S/C19H20F3N3O5S2/c1-12-2-7-16(32(29,30)25-14-3-4-14)10-17(12)18(26)24-13-5-8-15(9-6-13)31(27,28)23-11-19(20,21)22/h2,5-10,14,23,25H,3-4,11H2,1H3,(H,24,26). The third-order valence-corrected chi connectivity index (χ3v) is 7.48. The van der Waals surface area contributed by atoms with Crippen LogP contribution in [-0.4, -0.2) is 41.5 Å². The van der Waals surface area contributed by atoms with Gasteiger partial charge < -0.3 is 5.32 Å². The molecule has 0 atom stereocenters. The Bertz CT molecular complexity index is 1220. The van der Waals surface area contributed by atoms with E-state index in [9.17, 15) is 34.8 Å². The Labute approximate surface area is 183 Å². The number of alkyl halides is 3. The number of hydrogen-bond donors (Lipinski definition) is 3. The van der Waals surface area contributed by atoms with E-state index >= 15 is 0 Å². The van der Waals surface area contributed by atoms with Crippen molar-refractivity contribution in [2.24, 2.45) is 0 Å². The summed E-state index contributed by atoms with van der Waals surface area (Å²) in [4.78, 5) is 12.2. The number of halogens is 3. The molecule has 0 bridgehead atoms. The van der Waals surface area contributed by atoms with Crippen molar-refractivity contribution < 1.29 is 34.8 Å². The van der Waals surface area contributed by atoms with Crippen LogP contribution in [-0.2, 0) is 20.0 Å². The van der Waals surface area contributed by atoms with Crippen molar-refractivity contribution in [3.63, 3.8) is 0 Å². The lowest BCUT2D eigenvalue weighted by Gasteiger charge is -2.12. The van der Waals surface area contributed by atoms with Crippen molar-refractivity contribution in [1.82, 2.24) is 9.44 Å². The molecule has 0 heterocycles. The number of sulfonamides is 2. The molecule has 32 heavy (non-hydrogen) atoms. The zero-order chi connectivity index (χ0) is 23.7. The van der Waals surface area contributed by atoms with Crippen molar-refractivity contribution in [1.29, 1.82) is 0 Å². The Morgan fingerprint density at radius 3 is 2.12 bits per heavy atom. The second kappa shape index (κ2) is 8.81. The maximum atomic E-state index is 12.7. The van der Waals surface area contributed by atoms with Gasteiger partial charge in [0.25, 0.3) is 5.91 Å². The van der Waals surface area contributed by atoms with Gasteiger partial charge in [0.2, 0.25) is 20.0 Å². The van der Waals surface area contributed by atoms with Gasteiger partial charge in [-0.15, -0.1) is 0 Å². The van der Waals surface area contributed by atoms with E-state index in [2.05, 4.69) is 10.0 Å². The Morgan fingerprint density at radius 1 is 0.969 bits per heavy atom. The van der Waals surface area contributed by atoms with Crippen LogP contribution >= 0.6 is 0 Å². The molecule has 174 valence electrons. The van der Waals surface area contributed by atoms with Crippen LogP contribution < -0.4 is 14.8 Å². The van der Waals surface area contributed by atoms with E-state index in [4.69, 9.17) is 0 Å². The second-order valence-corrected chi connectivity index (χ2v) is 10.8. The molecule has 0 saturated heterocycles. The van der Waals surface area contributed by atoms with Gasteiger partial charge in [-0.25, -0.2) is 26.3 Å². The maximum Gasteiger partial charge on any atom is 0.402 e. The highest BCUT2D eigenvalue weighted by Gasteiger charge is 2.30. The molecule has 3 N–H and O–H groups in total. The van der Waals surface area contributed by atoms with Crippen molar-refractivity contribution in [2.75, 3.05) is 11.9 Å². The summed E-state index contributed by atoms with van der Waals surface area (Å²) in [5, 5.41) is 2.52. The van der Waals surface area contributed by atoms with Gasteiger partial charge in [-0.2, -0.15) is 13.2 Å². The van der Waals surface area contributed by atoms with E-state index in [1.807, 2.05) is 0 Å². The van der Waals surface area contributed by atoms with Crippen LogP contribution in [0.15, 0.2) is 52.3 Å². The highest BCUT2D eigenvalue weighted by molar-refractivity contribution is 7.89. The van der Waals surface area contributed by atoms with E-state index in [1.165, 1.54) is 35.1 Å². The zero-order valence-corrected chi connectivity index (χ0v) is 18.4. The second-order valence-electron chi connectivity index (χ2n) is 7.29. The van der Waals surface area contributed by atoms with E-state index in [1.54, 1.807) is 6.92 Å². The van der Waals surface area contributed by atoms with Gasteiger partial charge in [-0.05, 0) is 61.7 Å². The fourth-order valence-corrected chi connectivity index (χ4v) is 5.02. The lowest BCUT2D eigenvalue weighted by molar-refractivity contribution is -0.121. The first-order chi connectivity index (χ1) is 14.8. The number of rotatable bonds is 8. The zero-order valence-electron chi connectivity index (χ0n) is 16.7. The van der Waals surface area contributed by atoms with Crippen LogP contribution in [0.1, 0.15) is 28.8 Å². The summed E-state index contributed by atoms with van der Waals surface area (Å²) >= 11 is 0. The molecule has 1 amide bonds. The summed E-state index contributed by atoms with van der Waals surface area (Å²) in [5.74, 6) is -0.628. The molecule has 1 saturated carbocycles. The van der Waals surface area contributed by atoms with Gasteiger partial charge >= 0.3 is 6.18 Å². The molecule has 0 aliphatic heterocycles. The molecular formula is C19H20F3N3O5S2. The van der Waals surface area contributed by atoms with Crippen LogP contribution in [0.25, 0.3) is 0 Å². The number of aryl methyl sites for hydroxylation is 1. The first-order valence-electron chi connectivity index (χ1n) is 9.38. The minimum atomic E-state index is -4.70. The van der Waals surface area contributed by atoms with Gasteiger partial charge in [0.05, 0.1) is 9.79 Å². The average molecular weight is 492 g/mol. The Balaban J connectivity index is 1.74. The van der Waals surface area contributed by atoms with Crippen LogP contribution in [0.3, 0.4) is 0 Å². The molecule has 0 aromatic heterocycles. The monoisotopic (exact) mass is 491 g/mol. The number of benzene rings is 2. The molecule has 13 heteroatoms. The molecule has 0 unspecified atom stereocenters. The average Bonchev–Trinajstić information content (AvgIpc) is 3.50. The van der Waals surface area contributed by atoms with Gasteiger partial charge in [0.15, 0.2) is 0 Å². The van der Waals surface area contributed by atoms with E-state index in [0.717, 1.165) is 25.0 Å². The lowest BCUT2D eigenvalue weighted by Crippen LogP contribution is -2.33. The minimum absolute atomic E-state index is 0.0580. The van der Waals surface area contributed by atoms with Crippen LogP contribution in [0.4, 0.5) is 18.9 Å². The van der Waals surface area contributed by atoms with Gasteiger partial charge in [-0.3, -0.25) is 4.79 Å². The molecule has 1 aliphatic rings. The van der Waals surface area contributed by atoms with Crippen LogP contribution in [0.5, 0.6) is 0 Å². The van der Waals surface area contributed by atoms with Crippen molar-refractivity contribution >= 4 is 31.6 Å². The fraction of sp³-hybridized carbons (Fsp3) is 0.316. The van der Waals surface area contributed by atoms with Crippen molar-refractivity contribution in [3.05, 3.63) is 53.6 Å². The molecule has 8 nitrogen and oxygen atoms in total. The Kier molecular flexibility index (Phi) is 6.65. The summed E-state index contributed by atoms with van der Waals surface area (Å²) in [6.45, 7) is -0.0798. The predicted molar refractivity (Wildman–Crippen MR) is 110 cm³/mol. The summed E-state index contributed by atoms with van der Waals surface area (Å²) in [6, 6.07) is 8.55. The quantitative estimate of drug-likeness (QED) is 0.524. The van der Waals surface area contributed by atoms with Gasteiger partial charge in [-0.1, -0.05) is 6.07 Å². The molecule has 1 aliphatic carbocycles. The number of hydrogen-bond acceptors (Lipinski definition) is 5. The Morgan fingerprint density at radius 2 is 1.56 bits per heavy atom. The van der Waals surface area contributed by atoms with E-state index in [-0.39, 0.29) is 22.2 Å². The number of anilines is 1. The van der Waals surface area contributed by atoms with Gasteiger partial charge in [0.1, 0.15) is 6.54 Å². The summed E-state index contributed by atoms with van der Waals surface area (Å²) in [6.07, 6.45) is -3.18. The van der Waals surface area contributed by atoms with Gasteiger partial charge in [0, 0.05) is 17.3 Å². The molecular weight excluding hydrogens is 471 g/mol. The smallest absolute Gasteiger partial charge is 0.322 e. The highest BCUT2D eigenvalue weighted by atomic mass is 32.2. The molecule has 0 radical (unpaired) electrons. The molecule has 2 aromatic carbocycles. The third-order valence-electron chi connectivity index (χ3n) is 4.55. The SMILES string of the molecule is Cc1ccc(S(=O)(=O)NC2CC2)cc1C(=O)Nc1ccc(S(=O)(=O)NCC(F)(F)F)cc1. The van der Waals surface area contributed by atoms with E-state index in [0.29, 0.717) is 5.56 Å². The number of carbonyl (C=O) groups is 1. The normalized spacial score (nSPS) is 14.9. The summed E-state index contributed by atoms with van der Waals surface area (Å²) in [7, 11) is -8.15. The van der Waals surface area contributed by atoms with Crippen LogP contribution in [0.2, 0.25) is 0 Å². The Hall–Kier alpha value is -2.48. The number of nitrogens with one attached hydrogen (secondary N) is 3. The maximum absolute atomic E-state index is 12.7. The molecule has 1 fully saturated rings. The number of amides is 1.